The van der Waals surface area contributed by atoms with Gasteiger partial charge in [-0.05, 0) is 25.5 Å². The van der Waals surface area contributed by atoms with E-state index in [2.05, 4.69) is 0 Å². The van der Waals surface area contributed by atoms with Gasteiger partial charge >= 0.3 is 0 Å². The predicted octanol–water partition coefficient (Wildman–Crippen LogP) is 3.12. The van der Waals surface area contributed by atoms with Gasteiger partial charge in [-0.1, -0.05) is 6.92 Å². The van der Waals surface area contributed by atoms with Gasteiger partial charge in [-0.2, -0.15) is 0 Å². The van der Waals surface area contributed by atoms with Crippen LogP contribution in [0.25, 0.3) is 0 Å². The minimum absolute atomic E-state index is 0.239. The molecule has 0 aromatic carbocycles. The van der Waals surface area contributed by atoms with Crippen LogP contribution in [0.15, 0.2) is 12.1 Å². The van der Waals surface area contributed by atoms with Gasteiger partial charge in [0.25, 0.3) is 6.43 Å². The molecule has 2 atom stereocenters. The first-order chi connectivity index (χ1) is 7.54. The molecule has 2 unspecified atom stereocenters. The molecule has 0 aliphatic carbocycles. The topological polar surface area (TPSA) is 35.2 Å². The van der Waals surface area contributed by atoms with Gasteiger partial charge in [0.2, 0.25) is 0 Å². The fraction of sp³-hybridized carbons (Fsp3) is 0.636. The fourth-order valence-electron chi connectivity index (χ4n) is 1.41. The van der Waals surface area contributed by atoms with Crippen LogP contribution in [0.5, 0.6) is 0 Å². The van der Waals surface area contributed by atoms with E-state index in [1.807, 2.05) is 26.0 Å². The van der Waals surface area contributed by atoms with Gasteiger partial charge in [-0.3, -0.25) is 0 Å². The zero-order chi connectivity index (χ0) is 12.1. The lowest BCUT2D eigenvalue weighted by molar-refractivity contribution is -0.0337. The van der Waals surface area contributed by atoms with E-state index >= 15 is 0 Å². The van der Waals surface area contributed by atoms with Crippen LogP contribution in [0.4, 0.5) is 8.78 Å². The van der Waals surface area contributed by atoms with Crippen molar-refractivity contribution in [2.24, 2.45) is 5.73 Å². The van der Waals surface area contributed by atoms with Crippen LogP contribution in [-0.2, 0) is 4.74 Å². The summed E-state index contributed by atoms with van der Waals surface area (Å²) in [5, 5.41) is 0. The molecule has 0 aliphatic rings. The number of alkyl halides is 2. The van der Waals surface area contributed by atoms with Crippen molar-refractivity contribution in [2.45, 2.75) is 38.8 Å². The van der Waals surface area contributed by atoms with Crippen molar-refractivity contribution < 1.29 is 13.5 Å². The molecule has 1 heterocycles. The Kier molecular flexibility index (Phi) is 5.31. The maximum atomic E-state index is 12.1. The first kappa shape index (κ1) is 13.5. The van der Waals surface area contributed by atoms with E-state index in [1.54, 1.807) is 11.3 Å². The van der Waals surface area contributed by atoms with Crippen molar-refractivity contribution in [3.8, 4) is 0 Å². The highest BCUT2D eigenvalue weighted by Gasteiger charge is 2.22. The van der Waals surface area contributed by atoms with Crippen LogP contribution in [0.2, 0.25) is 0 Å². The first-order valence-corrected chi connectivity index (χ1v) is 6.08. The number of rotatable bonds is 6. The Hall–Kier alpha value is -0.520. The Labute approximate surface area is 98.4 Å². The maximum absolute atomic E-state index is 12.1. The summed E-state index contributed by atoms with van der Waals surface area (Å²) >= 11 is 1.54. The highest BCUT2D eigenvalue weighted by Crippen LogP contribution is 2.28. The van der Waals surface area contributed by atoms with Crippen LogP contribution in [0.3, 0.4) is 0 Å². The molecular weight excluding hydrogens is 232 g/mol. The molecule has 2 nitrogen and oxygen atoms in total. The monoisotopic (exact) mass is 249 g/mol. The second-order valence-electron chi connectivity index (χ2n) is 3.67. The molecule has 0 amide bonds. The van der Waals surface area contributed by atoms with Crippen molar-refractivity contribution in [1.82, 2.24) is 0 Å². The smallest absolute Gasteiger partial charge is 0.261 e. The molecule has 0 saturated carbocycles. The number of halogens is 2. The lowest BCUT2D eigenvalue weighted by Crippen LogP contribution is -2.30. The second kappa shape index (κ2) is 6.27. The molecule has 1 rings (SSSR count). The van der Waals surface area contributed by atoms with E-state index in [0.29, 0.717) is 6.42 Å². The van der Waals surface area contributed by atoms with Gasteiger partial charge in [0, 0.05) is 15.8 Å². The molecule has 2 N–H and O–H groups in total. The molecule has 0 fully saturated rings. The van der Waals surface area contributed by atoms with E-state index < -0.39 is 19.1 Å². The molecule has 5 heteroatoms. The molecule has 0 saturated heterocycles. The molecule has 16 heavy (non-hydrogen) atoms. The third-order valence-corrected chi connectivity index (χ3v) is 3.37. The van der Waals surface area contributed by atoms with Gasteiger partial charge in [0.1, 0.15) is 12.7 Å². The normalized spacial score (nSPS) is 15.4. The molecule has 0 bridgehead atoms. The van der Waals surface area contributed by atoms with Crippen molar-refractivity contribution in [3.63, 3.8) is 0 Å². The molecule has 1 aromatic rings. The van der Waals surface area contributed by atoms with Crippen LogP contribution in [-0.4, -0.2) is 19.1 Å². The van der Waals surface area contributed by atoms with Gasteiger partial charge in [-0.15, -0.1) is 11.3 Å². The predicted molar refractivity (Wildman–Crippen MR) is 62.0 cm³/mol. The van der Waals surface area contributed by atoms with E-state index in [0.717, 1.165) is 9.75 Å². The molecule has 0 spiro atoms. The summed E-state index contributed by atoms with van der Waals surface area (Å²) in [5.41, 5.74) is 5.88. The Balaban J connectivity index is 2.71. The number of nitrogens with two attached hydrogens (primary N) is 1. The van der Waals surface area contributed by atoms with E-state index in [1.165, 1.54) is 0 Å². The van der Waals surface area contributed by atoms with Crippen molar-refractivity contribution >= 4 is 11.3 Å². The minimum Gasteiger partial charge on any atom is -0.365 e. The quantitative estimate of drug-likeness (QED) is 0.840. The third kappa shape index (κ3) is 3.81. The SMILES string of the molecule is CCC(N)C(OCC(F)F)c1ccc(C)s1. The van der Waals surface area contributed by atoms with Gasteiger partial charge < -0.3 is 10.5 Å². The Morgan fingerprint density at radius 3 is 2.56 bits per heavy atom. The Morgan fingerprint density at radius 2 is 2.12 bits per heavy atom. The van der Waals surface area contributed by atoms with Crippen LogP contribution in [0, 0.1) is 6.92 Å². The van der Waals surface area contributed by atoms with E-state index in [-0.39, 0.29) is 6.04 Å². The highest BCUT2D eigenvalue weighted by molar-refractivity contribution is 7.12. The lowest BCUT2D eigenvalue weighted by Gasteiger charge is -2.22. The molecule has 0 radical (unpaired) electrons. The van der Waals surface area contributed by atoms with Gasteiger partial charge in [0.05, 0.1) is 0 Å². The summed E-state index contributed by atoms with van der Waals surface area (Å²) in [7, 11) is 0. The average Bonchev–Trinajstić information content (AvgIpc) is 2.64. The van der Waals surface area contributed by atoms with Crippen LogP contribution >= 0.6 is 11.3 Å². The summed E-state index contributed by atoms with van der Waals surface area (Å²) in [4.78, 5) is 2.05. The van der Waals surface area contributed by atoms with Crippen molar-refractivity contribution in [3.05, 3.63) is 21.9 Å². The summed E-state index contributed by atoms with van der Waals surface area (Å²) in [6.45, 7) is 3.33. The fourth-order valence-corrected chi connectivity index (χ4v) is 2.42. The molecule has 1 aromatic heterocycles. The first-order valence-electron chi connectivity index (χ1n) is 5.26. The second-order valence-corrected chi connectivity index (χ2v) is 4.99. The molecular formula is C11H17F2NOS. The minimum atomic E-state index is -2.45. The van der Waals surface area contributed by atoms with Crippen molar-refractivity contribution in [2.75, 3.05) is 6.61 Å². The number of ether oxygens (including phenoxy) is 1. The number of aryl methyl sites for hydroxylation is 1. The van der Waals surface area contributed by atoms with Crippen LogP contribution in [0.1, 0.15) is 29.2 Å². The van der Waals surface area contributed by atoms with Gasteiger partial charge in [0.15, 0.2) is 0 Å². The summed E-state index contributed by atoms with van der Waals surface area (Å²) in [6.07, 6.45) is -2.17. The van der Waals surface area contributed by atoms with Crippen LogP contribution < -0.4 is 5.73 Å². The molecule has 0 aliphatic heterocycles. The average molecular weight is 249 g/mol. The highest BCUT2D eigenvalue weighted by atomic mass is 32.1. The molecule has 92 valence electrons. The summed E-state index contributed by atoms with van der Waals surface area (Å²) in [6, 6.07) is 3.60. The zero-order valence-corrected chi connectivity index (χ0v) is 10.3. The summed E-state index contributed by atoms with van der Waals surface area (Å²) < 4.78 is 29.4. The zero-order valence-electron chi connectivity index (χ0n) is 9.45. The Morgan fingerprint density at radius 1 is 1.44 bits per heavy atom. The van der Waals surface area contributed by atoms with Crippen molar-refractivity contribution in [1.29, 1.82) is 0 Å². The van der Waals surface area contributed by atoms with E-state index in [4.69, 9.17) is 10.5 Å². The standard InChI is InChI=1S/C11H17F2NOS/c1-3-8(14)11(15-6-10(12)13)9-5-4-7(2)16-9/h4-5,8,10-11H,3,6,14H2,1-2H3. The maximum Gasteiger partial charge on any atom is 0.261 e. The number of hydrogen-bond donors (Lipinski definition) is 1. The lowest BCUT2D eigenvalue weighted by atomic mass is 10.1. The Bertz CT molecular complexity index is 317. The number of hydrogen-bond acceptors (Lipinski definition) is 3. The number of thiophene rings is 1. The largest absolute Gasteiger partial charge is 0.365 e. The van der Waals surface area contributed by atoms with Gasteiger partial charge in [-0.25, -0.2) is 8.78 Å². The summed E-state index contributed by atoms with van der Waals surface area (Å²) in [5.74, 6) is 0. The van der Waals surface area contributed by atoms with E-state index in [9.17, 15) is 8.78 Å². The third-order valence-electron chi connectivity index (χ3n) is 2.30.